The summed E-state index contributed by atoms with van der Waals surface area (Å²) in [6, 6.07) is 9.99. The molecule has 4 heteroatoms. The number of nitrogens with zero attached hydrogens (tertiary/aromatic N) is 1. The van der Waals surface area contributed by atoms with Gasteiger partial charge >= 0.3 is 0 Å². The summed E-state index contributed by atoms with van der Waals surface area (Å²) in [6.07, 6.45) is 2.64. The van der Waals surface area contributed by atoms with Crippen LogP contribution in [0.15, 0.2) is 30.3 Å². The lowest BCUT2D eigenvalue weighted by Crippen LogP contribution is -2.49. The Morgan fingerprint density at radius 1 is 1.29 bits per heavy atom. The van der Waals surface area contributed by atoms with Gasteiger partial charge in [0.25, 0.3) is 0 Å². The Morgan fingerprint density at radius 3 is 2.52 bits per heavy atom. The van der Waals surface area contributed by atoms with Crippen molar-refractivity contribution in [2.24, 2.45) is 5.41 Å². The predicted molar refractivity (Wildman–Crippen MR) is 83.8 cm³/mol. The molecule has 1 amide bonds. The molecular formula is C17H26N2O2. The first-order valence-electron chi connectivity index (χ1n) is 7.87. The van der Waals surface area contributed by atoms with Crippen molar-refractivity contribution in [1.82, 2.24) is 10.2 Å². The molecule has 0 unspecified atom stereocenters. The summed E-state index contributed by atoms with van der Waals surface area (Å²) in [6.45, 7) is 4.90. The van der Waals surface area contributed by atoms with Crippen LogP contribution >= 0.6 is 0 Å². The van der Waals surface area contributed by atoms with Crippen molar-refractivity contribution < 1.29 is 9.90 Å². The summed E-state index contributed by atoms with van der Waals surface area (Å²) < 4.78 is 0. The molecule has 2 rings (SSSR count). The van der Waals surface area contributed by atoms with E-state index in [1.165, 1.54) is 0 Å². The van der Waals surface area contributed by atoms with Crippen LogP contribution in [0, 0.1) is 5.41 Å². The molecule has 1 fully saturated rings. The van der Waals surface area contributed by atoms with E-state index >= 15 is 0 Å². The SMILES string of the molecule is CCC1(C(=O)N(CCO)Cc2ccccc2)CCNCC1. The van der Waals surface area contributed by atoms with E-state index in [4.69, 9.17) is 0 Å². The van der Waals surface area contributed by atoms with Gasteiger partial charge in [-0.05, 0) is 37.9 Å². The normalized spacial score (nSPS) is 17.4. The van der Waals surface area contributed by atoms with Gasteiger partial charge in [0.05, 0.1) is 12.0 Å². The summed E-state index contributed by atoms with van der Waals surface area (Å²) in [7, 11) is 0. The second kappa shape index (κ2) is 7.57. The highest BCUT2D eigenvalue weighted by Gasteiger charge is 2.40. The topological polar surface area (TPSA) is 52.6 Å². The van der Waals surface area contributed by atoms with Gasteiger partial charge in [-0.2, -0.15) is 0 Å². The van der Waals surface area contributed by atoms with Crippen LogP contribution < -0.4 is 5.32 Å². The van der Waals surface area contributed by atoms with Crippen molar-refractivity contribution in [2.75, 3.05) is 26.2 Å². The van der Waals surface area contributed by atoms with Crippen LogP contribution in [0.1, 0.15) is 31.7 Å². The van der Waals surface area contributed by atoms with Gasteiger partial charge in [-0.3, -0.25) is 4.79 Å². The van der Waals surface area contributed by atoms with Crippen LogP contribution in [-0.2, 0) is 11.3 Å². The Balaban J connectivity index is 2.14. The van der Waals surface area contributed by atoms with Crippen molar-refractivity contribution in [2.45, 2.75) is 32.7 Å². The average Bonchev–Trinajstić information content (AvgIpc) is 2.55. The molecule has 1 aromatic rings. The average molecular weight is 290 g/mol. The zero-order valence-electron chi connectivity index (χ0n) is 12.8. The van der Waals surface area contributed by atoms with Crippen molar-refractivity contribution in [1.29, 1.82) is 0 Å². The first-order chi connectivity index (χ1) is 10.2. The van der Waals surface area contributed by atoms with Crippen LogP contribution in [0.2, 0.25) is 0 Å². The van der Waals surface area contributed by atoms with E-state index in [1.807, 2.05) is 35.2 Å². The molecule has 1 heterocycles. The van der Waals surface area contributed by atoms with E-state index < -0.39 is 0 Å². The maximum absolute atomic E-state index is 13.0. The third-order valence-electron chi connectivity index (χ3n) is 4.56. The maximum Gasteiger partial charge on any atom is 0.229 e. The summed E-state index contributed by atoms with van der Waals surface area (Å²) >= 11 is 0. The van der Waals surface area contributed by atoms with Gasteiger partial charge < -0.3 is 15.3 Å². The van der Waals surface area contributed by atoms with E-state index in [-0.39, 0.29) is 17.9 Å². The van der Waals surface area contributed by atoms with Crippen molar-refractivity contribution in [3.8, 4) is 0 Å². The van der Waals surface area contributed by atoms with Crippen LogP contribution in [0.4, 0.5) is 0 Å². The molecule has 0 radical (unpaired) electrons. The van der Waals surface area contributed by atoms with Gasteiger partial charge in [-0.25, -0.2) is 0 Å². The first-order valence-corrected chi connectivity index (χ1v) is 7.87. The van der Waals surface area contributed by atoms with Crippen molar-refractivity contribution in [3.05, 3.63) is 35.9 Å². The molecule has 116 valence electrons. The smallest absolute Gasteiger partial charge is 0.229 e. The van der Waals surface area contributed by atoms with Gasteiger partial charge in [-0.15, -0.1) is 0 Å². The molecule has 0 saturated carbocycles. The standard InChI is InChI=1S/C17H26N2O2/c1-2-17(8-10-18-11-9-17)16(21)19(12-13-20)14-15-6-4-3-5-7-15/h3-7,18,20H,2,8-14H2,1H3. The molecule has 0 aliphatic carbocycles. The van der Waals surface area contributed by atoms with Crippen LogP contribution in [0.5, 0.6) is 0 Å². The minimum Gasteiger partial charge on any atom is -0.395 e. The third-order valence-corrected chi connectivity index (χ3v) is 4.56. The number of nitrogens with one attached hydrogen (secondary N) is 1. The second-order valence-corrected chi connectivity index (χ2v) is 5.82. The molecule has 1 aliphatic rings. The van der Waals surface area contributed by atoms with Crippen LogP contribution in [0.3, 0.4) is 0 Å². The minimum atomic E-state index is -0.255. The molecule has 2 N–H and O–H groups in total. The Bertz CT molecular complexity index is 441. The minimum absolute atomic E-state index is 0.0105. The lowest BCUT2D eigenvalue weighted by atomic mass is 9.75. The number of carbonyl (C=O) groups excluding carboxylic acids is 1. The summed E-state index contributed by atoms with van der Waals surface area (Å²) in [5, 5.41) is 12.6. The number of rotatable bonds is 6. The molecule has 0 aromatic heterocycles. The molecular weight excluding hydrogens is 264 g/mol. The first kappa shape index (κ1) is 16.0. The monoisotopic (exact) mass is 290 g/mol. The maximum atomic E-state index is 13.0. The highest BCUT2D eigenvalue weighted by Crippen LogP contribution is 2.35. The van der Waals surface area contributed by atoms with Gasteiger partial charge in [0.15, 0.2) is 0 Å². The zero-order valence-corrected chi connectivity index (χ0v) is 12.8. The predicted octanol–water partition coefficient (Wildman–Crippen LogP) is 1.79. The molecule has 0 atom stereocenters. The van der Waals surface area contributed by atoms with E-state index in [1.54, 1.807) is 0 Å². The fraction of sp³-hybridized carbons (Fsp3) is 0.588. The van der Waals surface area contributed by atoms with Crippen LogP contribution in [0.25, 0.3) is 0 Å². The molecule has 1 saturated heterocycles. The number of hydrogen-bond donors (Lipinski definition) is 2. The van der Waals surface area contributed by atoms with Gasteiger partial charge in [0, 0.05) is 13.1 Å². The highest BCUT2D eigenvalue weighted by atomic mass is 16.3. The van der Waals surface area contributed by atoms with E-state index in [0.29, 0.717) is 13.1 Å². The van der Waals surface area contributed by atoms with E-state index in [2.05, 4.69) is 12.2 Å². The van der Waals surface area contributed by atoms with Gasteiger partial charge in [-0.1, -0.05) is 37.3 Å². The summed E-state index contributed by atoms with van der Waals surface area (Å²) in [4.78, 5) is 14.9. The van der Waals surface area contributed by atoms with E-state index in [9.17, 15) is 9.90 Å². The number of aliphatic hydroxyl groups excluding tert-OH is 1. The Hall–Kier alpha value is -1.39. The molecule has 0 spiro atoms. The summed E-state index contributed by atoms with van der Waals surface area (Å²) in [5.41, 5.74) is 0.856. The number of benzene rings is 1. The molecule has 4 nitrogen and oxygen atoms in total. The van der Waals surface area contributed by atoms with Crippen LogP contribution in [-0.4, -0.2) is 42.2 Å². The lowest BCUT2D eigenvalue weighted by molar-refractivity contribution is -0.145. The Labute approximate surface area is 127 Å². The summed E-state index contributed by atoms with van der Waals surface area (Å²) in [5.74, 6) is 0.199. The Morgan fingerprint density at radius 2 is 1.95 bits per heavy atom. The lowest BCUT2D eigenvalue weighted by Gasteiger charge is -2.39. The van der Waals surface area contributed by atoms with E-state index in [0.717, 1.165) is 37.9 Å². The highest BCUT2D eigenvalue weighted by molar-refractivity contribution is 5.83. The number of hydrogen-bond acceptors (Lipinski definition) is 3. The second-order valence-electron chi connectivity index (χ2n) is 5.82. The number of amides is 1. The number of carbonyl (C=O) groups is 1. The molecule has 1 aliphatic heterocycles. The zero-order chi connectivity index (χ0) is 15.1. The largest absolute Gasteiger partial charge is 0.395 e. The fourth-order valence-corrected chi connectivity index (χ4v) is 3.14. The number of piperidine rings is 1. The van der Waals surface area contributed by atoms with Gasteiger partial charge in [0.2, 0.25) is 5.91 Å². The fourth-order valence-electron chi connectivity index (χ4n) is 3.14. The quantitative estimate of drug-likeness (QED) is 0.840. The Kier molecular flexibility index (Phi) is 5.76. The van der Waals surface area contributed by atoms with Gasteiger partial charge in [0.1, 0.15) is 0 Å². The molecule has 1 aromatic carbocycles. The third kappa shape index (κ3) is 3.83. The molecule has 0 bridgehead atoms. The van der Waals surface area contributed by atoms with Crippen molar-refractivity contribution >= 4 is 5.91 Å². The molecule has 21 heavy (non-hydrogen) atoms. The number of aliphatic hydroxyl groups is 1. The van der Waals surface area contributed by atoms with Crippen molar-refractivity contribution in [3.63, 3.8) is 0 Å².